The summed E-state index contributed by atoms with van der Waals surface area (Å²) >= 11 is 1.44. The Bertz CT molecular complexity index is 485. The van der Waals surface area contributed by atoms with E-state index in [1.54, 1.807) is 0 Å². The van der Waals surface area contributed by atoms with Crippen molar-refractivity contribution in [3.05, 3.63) is 0 Å². The van der Waals surface area contributed by atoms with Crippen LogP contribution in [0.15, 0.2) is 0 Å². The van der Waals surface area contributed by atoms with Gasteiger partial charge in [0.25, 0.3) is 0 Å². The highest BCUT2D eigenvalue weighted by Crippen LogP contribution is 2.27. The van der Waals surface area contributed by atoms with Gasteiger partial charge in [-0.2, -0.15) is 21.6 Å². The molecule has 0 heterocycles. The summed E-state index contributed by atoms with van der Waals surface area (Å²) in [5.74, 6) is 2.82. The van der Waals surface area contributed by atoms with E-state index in [4.69, 9.17) is 13.0 Å². The summed E-state index contributed by atoms with van der Waals surface area (Å²) < 4.78 is 57.5. The topological polar surface area (TPSA) is 71.4 Å². The largest absolute Gasteiger partial charge is 0.522 e. The van der Waals surface area contributed by atoms with Crippen molar-refractivity contribution >= 4 is 27.7 Å². The fourth-order valence-corrected chi connectivity index (χ4v) is 4.57. The number of hydrogen-bond acceptors (Lipinski definition) is 3. The molecular weight excluding hydrogens is 365 g/mol. The smallest absolute Gasteiger partial charge is 0.294 e. The lowest BCUT2D eigenvalue weighted by Gasteiger charge is -2.20. The lowest BCUT2D eigenvalue weighted by atomic mass is 9.88. The first-order valence-corrected chi connectivity index (χ1v) is 10.9. The van der Waals surface area contributed by atoms with Crippen molar-refractivity contribution in [2.45, 2.75) is 75.0 Å². The molecule has 0 aromatic heterocycles. The molecule has 142 valence electrons. The van der Waals surface area contributed by atoms with Gasteiger partial charge >= 0.3 is 15.6 Å². The van der Waals surface area contributed by atoms with Crippen molar-refractivity contribution in [3.63, 3.8) is 0 Å². The summed E-state index contributed by atoms with van der Waals surface area (Å²) in [4.78, 5) is 11.7. The van der Waals surface area contributed by atoms with E-state index in [1.165, 1.54) is 68.9 Å². The molecule has 0 spiro atoms. The number of carbonyl (C=O) groups excluding carboxylic acids is 1. The zero-order valence-electron chi connectivity index (χ0n) is 13.6. The summed E-state index contributed by atoms with van der Waals surface area (Å²) in [5.41, 5.74) is -5.53. The summed E-state index contributed by atoms with van der Waals surface area (Å²) in [6.07, 6.45) is 13.1. The third-order valence-corrected chi connectivity index (χ3v) is 6.51. The summed E-state index contributed by atoms with van der Waals surface area (Å²) in [6, 6.07) is 0. The van der Waals surface area contributed by atoms with E-state index >= 15 is 0 Å². The van der Waals surface area contributed by atoms with Crippen molar-refractivity contribution < 1.29 is 30.9 Å². The van der Waals surface area contributed by atoms with Crippen LogP contribution in [0.2, 0.25) is 0 Å². The number of rotatable bonds is 4. The second-order valence-corrected chi connectivity index (χ2v) is 9.20. The predicted molar refractivity (Wildman–Crippen MR) is 89.7 cm³/mol. The first kappa shape index (κ1) is 21.8. The Labute approximate surface area is 145 Å². The molecule has 2 aliphatic rings. The van der Waals surface area contributed by atoms with Gasteiger partial charge in [0.1, 0.15) is 5.75 Å². The van der Waals surface area contributed by atoms with E-state index in [-0.39, 0.29) is 0 Å². The van der Waals surface area contributed by atoms with Crippen LogP contribution in [0.4, 0.5) is 13.2 Å². The highest BCUT2D eigenvalue weighted by atomic mass is 32.2. The van der Waals surface area contributed by atoms with Crippen LogP contribution in [0.25, 0.3) is 0 Å². The summed E-state index contributed by atoms with van der Waals surface area (Å²) in [7, 11) is -5.84. The molecule has 9 heteroatoms. The van der Waals surface area contributed by atoms with Gasteiger partial charge in [-0.25, -0.2) is 0 Å². The van der Waals surface area contributed by atoms with E-state index in [1.807, 2.05) is 0 Å². The molecule has 0 bridgehead atoms. The van der Waals surface area contributed by atoms with Crippen molar-refractivity contribution in [1.29, 1.82) is 0 Å². The zero-order valence-corrected chi connectivity index (χ0v) is 15.3. The summed E-state index contributed by atoms with van der Waals surface area (Å²) in [6.45, 7) is 0. The van der Waals surface area contributed by atoms with Gasteiger partial charge in [0.15, 0.2) is 11.0 Å². The van der Waals surface area contributed by atoms with Gasteiger partial charge in [0.05, 0.1) is 0 Å². The van der Waals surface area contributed by atoms with Crippen molar-refractivity contribution in [2.24, 2.45) is 5.92 Å². The third-order valence-electron chi connectivity index (χ3n) is 4.43. The number of carbonyl (C=O) groups is 1. The Morgan fingerprint density at radius 3 is 2.08 bits per heavy atom. The number of hydrogen-bond donors (Lipinski definition) is 1. The molecule has 0 saturated heterocycles. The lowest BCUT2D eigenvalue weighted by Crippen LogP contribution is -2.27. The van der Waals surface area contributed by atoms with Crippen LogP contribution in [0, 0.1) is 5.92 Å². The maximum absolute atomic E-state index is 11.7. The molecule has 2 saturated carbocycles. The third kappa shape index (κ3) is 8.20. The van der Waals surface area contributed by atoms with Crippen LogP contribution in [0.5, 0.6) is 0 Å². The van der Waals surface area contributed by atoms with Crippen LogP contribution in [-0.2, 0) is 26.7 Å². The van der Waals surface area contributed by atoms with Crippen LogP contribution in [0.3, 0.4) is 0 Å². The quantitative estimate of drug-likeness (QED) is 0.343. The van der Waals surface area contributed by atoms with Crippen LogP contribution < -0.4 is 0 Å². The van der Waals surface area contributed by atoms with Gasteiger partial charge in [0, 0.05) is 12.8 Å². The van der Waals surface area contributed by atoms with E-state index in [0.29, 0.717) is 11.0 Å². The fraction of sp³-hybridized carbons (Fsp3) is 0.933. The van der Waals surface area contributed by atoms with Gasteiger partial charge < -0.3 is 0 Å². The second kappa shape index (κ2) is 10.0. The highest BCUT2D eigenvalue weighted by molar-refractivity contribution is 7.86. The molecule has 0 aromatic carbocycles. The SMILES string of the molecule is O=C1CCCCC1[SH+]CCC1CCCCC1.O=S(=O)(O)C(F)(F)F. The number of alkyl halides is 3. The Balaban J connectivity index is 0.000000307. The molecule has 2 fully saturated rings. The summed E-state index contributed by atoms with van der Waals surface area (Å²) in [5, 5.41) is 0.414. The molecule has 2 rings (SSSR count). The second-order valence-electron chi connectivity index (χ2n) is 6.35. The first-order chi connectivity index (χ1) is 11.1. The van der Waals surface area contributed by atoms with E-state index in [9.17, 15) is 18.0 Å². The Morgan fingerprint density at radius 2 is 1.58 bits per heavy atom. The average molecular weight is 391 g/mol. The maximum atomic E-state index is 11.7. The maximum Gasteiger partial charge on any atom is 0.522 e. The predicted octanol–water partition coefficient (Wildman–Crippen LogP) is 3.68. The number of halogens is 3. The van der Waals surface area contributed by atoms with Gasteiger partial charge in [-0.1, -0.05) is 32.1 Å². The molecule has 24 heavy (non-hydrogen) atoms. The molecule has 0 amide bonds. The van der Waals surface area contributed by atoms with Gasteiger partial charge in [0.2, 0.25) is 0 Å². The zero-order chi connectivity index (χ0) is 18.2. The molecule has 1 N–H and O–H groups in total. The van der Waals surface area contributed by atoms with E-state index in [2.05, 4.69) is 0 Å². The van der Waals surface area contributed by atoms with Crippen LogP contribution >= 0.6 is 0 Å². The van der Waals surface area contributed by atoms with E-state index in [0.717, 1.165) is 18.8 Å². The molecule has 1 atom stereocenters. The fourth-order valence-electron chi connectivity index (χ4n) is 3.05. The molecule has 0 aromatic rings. The minimum Gasteiger partial charge on any atom is -0.294 e. The Morgan fingerprint density at radius 1 is 1.04 bits per heavy atom. The van der Waals surface area contributed by atoms with Crippen LogP contribution in [0.1, 0.15) is 64.2 Å². The first-order valence-electron chi connectivity index (χ1n) is 8.34. The monoisotopic (exact) mass is 391 g/mol. The molecule has 4 nitrogen and oxygen atoms in total. The van der Waals surface area contributed by atoms with Crippen molar-refractivity contribution in [2.75, 3.05) is 5.75 Å². The highest BCUT2D eigenvalue weighted by Gasteiger charge is 2.44. The minimum atomic E-state index is -5.84. The van der Waals surface area contributed by atoms with Gasteiger partial charge in [-0.3, -0.25) is 9.35 Å². The normalized spacial score (nSPS) is 23.5. The van der Waals surface area contributed by atoms with Crippen molar-refractivity contribution in [3.8, 4) is 0 Å². The Kier molecular flexibility index (Phi) is 9.08. The van der Waals surface area contributed by atoms with Gasteiger partial charge in [-0.15, -0.1) is 0 Å². The number of ketones is 1. The van der Waals surface area contributed by atoms with E-state index < -0.39 is 15.6 Å². The molecule has 2 aliphatic carbocycles. The molecule has 1 unspecified atom stereocenters. The average Bonchev–Trinajstić information content (AvgIpc) is 2.49. The lowest BCUT2D eigenvalue weighted by molar-refractivity contribution is -0.119. The molecule has 0 radical (unpaired) electrons. The minimum absolute atomic E-state index is 0.414. The van der Waals surface area contributed by atoms with Gasteiger partial charge in [-0.05, 0) is 36.9 Å². The molecule has 0 aliphatic heterocycles. The number of Topliss-reactive ketones (excluding diaryl/α,β-unsaturated/α-hetero) is 1. The van der Waals surface area contributed by atoms with Crippen molar-refractivity contribution in [1.82, 2.24) is 0 Å². The van der Waals surface area contributed by atoms with Crippen LogP contribution in [-0.4, -0.2) is 35.3 Å². The molecular formula is C15H26F3O4S2+. The Hall–Kier alpha value is -0.280. The number of thiol groups is 1. The standard InChI is InChI=1S/C14H24OS.CHF3O3S/c15-13-8-4-5-9-14(13)16-11-10-12-6-2-1-3-7-12;2-1(3,4)8(5,6)7/h12,14H,1-11H2;(H,5,6,7)/p+1.